The highest BCUT2D eigenvalue weighted by Crippen LogP contribution is 2.36. The summed E-state index contributed by atoms with van der Waals surface area (Å²) in [6, 6.07) is 9.18. The van der Waals surface area contributed by atoms with Crippen molar-refractivity contribution < 1.29 is 10.3 Å². The molecule has 0 atom stereocenters. The van der Waals surface area contributed by atoms with Gasteiger partial charge < -0.3 is 15.6 Å². The van der Waals surface area contributed by atoms with E-state index >= 15 is 0 Å². The second-order valence-corrected chi connectivity index (χ2v) is 8.42. The molecule has 4 nitrogen and oxygen atoms in total. The number of hydrogen-bond donors (Lipinski definition) is 3. The molecule has 1 aromatic carbocycles. The SMILES string of the molecule is CC1(C)CC(NCc2ccc(CCCCO)cc2)CC(C)(C)N1O. The summed E-state index contributed by atoms with van der Waals surface area (Å²) in [4.78, 5) is 0. The molecule has 1 aliphatic heterocycles. The number of unbranched alkanes of at least 4 members (excludes halogenated alkanes) is 1. The predicted molar refractivity (Wildman–Crippen MR) is 98.1 cm³/mol. The third-order valence-corrected chi connectivity index (χ3v) is 5.13. The van der Waals surface area contributed by atoms with Gasteiger partial charge in [-0.15, -0.1) is 0 Å². The standard InChI is InChI=1S/C20H34N2O2/c1-19(2)13-18(14-20(3,4)22(19)24)21-15-17-10-8-16(9-11-17)7-5-6-12-23/h8-11,18,21,23-24H,5-7,12-15H2,1-4H3. The Balaban J connectivity index is 1.87. The zero-order valence-electron chi connectivity index (χ0n) is 15.7. The number of benzene rings is 1. The van der Waals surface area contributed by atoms with Gasteiger partial charge in [-0.3, -0.25) is 0 Å². The van der Waals surface area contributed by atoms with Gasteiger partial charge in [-0.05, 0) is 70.9 Å². The average Bonchev–Trinajstić information content (AvgIpc) is 2.51. The number of aliphatic hydroxyl groups is 1. The Labute approximate surface area is 146 Å². The molecule has 0 aliphatic carbocycles. The van der Waals surface area contributed by atoms with Gasteiger partial charge >= 0.3 is 0 Å². The van der Waals surface area contributed by atoms with Crippen molar-refractivity contribution in [2.45, 2.75) is 83.5 Å². The van der Waals surface area contributed by atoms with E-state index in [4.69, 9.17) is 5.11 Å². The molecule has 0 saturated carbocycles. The Hall–Kier alpha value is -0.940. The first-order valence-electron chi connectivity index (χ1n) is 9.16. The van der Waals surface area contributed by atoms with Crippen LogP contribution in [0, 0.1) is 0 Å². The van der Waals surface area contributed by atoms with Crippen LogP contribution in [0.2, 0.25) is 0 Å². The minimum Gasteiger partial charge on any atom is -0.396 e. The highest BCUT2D eigenvalue weighted by Gasteiger charge is 2.44. The van der Waals surface area contributed by atoms with Crippen molar-refractivity contribution in [3.63, 3.8) is 0 Å². The van der Waals surface area contributed by atoms with E-state index in [2.05, 4.69) is 57.3 Å². The van der Waals surface area contributed by atoms with E-state index in [0.717, 1.165) is 38.6 Å². The highest BCUT2D eigenvalue weighted by molar-refractivity contribution is 5.22. The van der Waals surface area contributed by atoms with Crippen molar-refractivity contribution in [1.29, 1.82) is 0 Å². The van der Waals surface area contributed by atoms with Crippen molar-refractivity contribution >= 4 is 0 Å². The van der Waals surface area contributed by atoms with Crippen LogP contribution < -0.4 is 5.32 Å². The molecule has 1 saturated heterocycles. The van der Waals surface area contributed by atoms with Gasteiger partial charge in [-0.25, -0.2) is 0 Å². The van der Waals surface area contributed by atoms with E-state index in [9.17, 15) is 5.21 Å². The number of hydrogen-bond acceptors (Lipinski definition) is 4. The Morgan fingerprint density at radius 3 is 2.08 bits per heavy atom. The maximum absolute atomic E-state index is 10.4. The molecule has 1 aliphatic rings. The second-order valence-electron chi connectivity index (χ2n) is 8.42. The average molecular weight is 335 g/mol. The van der Waals surface area contributed by atoms with Crippen LogP contribution in [0.25, 0.3) is 0 Å². The number of rotatable bonds is 7. The topological polar surface area (TPSA) is 55.7 Å². The van der Waals surface area contributed by atoms with Crippen molar-refractivity contribution in [2.75, 3.05) is 6.61 Å². The maximum atomic E-state index is 10.4. The zero-order valence-corrected chi connectivity index (χ0v) is 15.7. The molecular weight excluding hydrogens is 300 g/mol. The van der Waals surface area contributed by atoms with Gasteiger partial charge in [0.1, 0.15) is 0 Å². The molecule has 1 aromatic rings. The Bertz CT molecular complexity index is 493. The summed E-state index contributed by atoms with van der Waals surface area (Å²) in [6.45, 7) is 9.54. The van der Waals surface area contributed by atoms with Crippen LogP contribution in [-0.4, -0.2) is 39.1 Å². The lowest BCUT2D eigenvalue weighted by atomic mass is 9.79. The Morgan fingerprint density at radius 2 is 1.54 bits per heavy atom. The molecule has 0 unspecified atom stereocenters. The minimum absolute atomic E-state index is 0.212. The molecule has 24 heavy (non-hydrogen) atoms. The first kappa shape index (κ1) is 19.4. The molecule has 0 radical (unpaired) electrons. The molecule has 1 heterocycles. The number of hydroxylamine groups is 2. The van der Waals surface area contributed by atoms with Crippen LogP contribution in [0.5, 0.6) is 0 Å². The van der Waals surface area contributed by atoms with Crippen molar-refractivity contribution in [3.05, 3.63) is 35.4 Å². The smallest absolute Gasteiger partial charge is 0.0431 e. The summed E-state index contributed by atoms with van der Waals surface area (Å²) in [7, 11) is 0. The van der Waals surface area contributed by atoms with E-state index in [-0.39, 0.29) is 17.7 Å². The monoisotopic (exact) mass is 334 g/mol. The lowest BCUT2D eigenvalue weighted by Crippen LogP contribution is -2.62. The second kappa shape index (κ2) is 7.96. The molecule has 0 spiro atoms. The third-order valence-electron chi connectivity index (χ3n) is 5.13. The lowest BCUT2D eigenvalue weighted by Gasteiger charge is -2.51. The zero-order chi connectivity index (χ0) is 17.8. The first-order chi connectivity index (χ1) is 11.2. The van der Waals surface area contributed by atoms with Crippen molar-refractivity contribution in [3.8, 4) is 0 Å². The number of aliphatic hydroxyl groups excluding tert-OH is 1. The summed E-state index contributed by atoms with van der Waals surface area (Å²) < 4.78 is 0. The summed E-state index contributed by atoms with van der Waals surface area (Å²) >= 11 is 0. The highest BCUT2D eigenvalue weighted by atomic mass is 16.5. The van der Waals surface area contributed by atoms with Crippen LogP contribution >= 0.6 is 0 Å². The van der Waals surface area contributed by atoms with E-state index in [1.807, 2.05) is 0 Å². The number of nitrogens with zero attached hydrogens (tertiary/aromatic N) is 1. The van der Waals surface area contributed by atoms with Gasteiger partial charge in [-0.2, -0.15) is 5.06 Å². The number of nitrogens with one attached hydrogen (secondary N) is 1. The molecule has 1 fully saturated rings. The molecule has 0 aromatic heterocycles. The fourth-order valence-corrected chi connectivity index (χ4v) is 3.94. The molecular formula is C20H34N2O2. The summed E-state index contributed by atoms with van der Waals surface area (Å²) in [5, 5.41) is 24.4. The van der Waals surface area contributed by atoms with Crippen molar-refractivity contribution in [2.24, 2.45) is 0 Å². The first-order valence-corrected chi connectivity index (χ1v) is 9.16. The summed E-state index contributed by atoms with van der Waals surface area (Å²) in [5.74, 6) is 0. The largest absolute Gasteiger partial charge is 0.396 e. The van der Waals surface area contributed by atoms with Gasteiger partial charge in [0.25, 0.3) is 0 Å². The number of piperidine rings is 1. The van der Waals surface area contributed by atoms with Crippen LogP contribution in [-0.2, 0) is 13.0 Å². The molecule has 0 bridgehead atoms. The minimum atomic E-state index is -0.212. The van der Waals surface area contributed by atoms with E-state index in [1.165, 1.54) is 16.2 Å². The molecule has 3 N–H and O–H groups in total. The number of aryl methyl sites for hydroxylation is 1. The van der Waals surface area contributed by atoms with Gasteiger partial charge in [0.15, 0.2) is 0 Å². The van der Waals surface area contributed by atoms with Crippen LogP contribution in [0.3, 0.4) is 0 Å². The van der Waals surface area contributed by atoms with E-state index in [1.54, 1.807) is 0 Å². The summed E-state index contributed by atoms with van der Waals surface area (Å²) in [6.07, 6.45) is 4.82. The van der Waals surface area contributed by atoms with Crippen LogP contribution in [0.4, 0.5) is 0 Å². The Kier molecular flexibility index (Phi) is 6.43. The van der Waals surface area contributed by atoms with Crippen LogP contribution in [0.1, 0.15) is 64.5 Å². The molecule has 136 valence electrons. The summed E-state index contributed by atoms with van der Waals surface area (Å²) in [5.41, 5.74) is 2.21. The van der Waals surface area contributed by atoms with E-state index in [0.29, 0.717) is 6.04 Å². The quantitative estimate of drug-likeness (QED) is 0.668. The molecule has 0 amide bonds. The predicted octanol–water partition coefficient (Wildman–Crippen LogP) is 3.50. The van der Waals surface area contributed by atoms with Gasteiger partial charge in [0, 0.05) is 30.3 Å². The van der Waals surface area contributed by atoms with Gasteiger partial charge in [0.05, 0.1) is 0 Å². The normalized spacial score (nSPS) is 21.1. The maximum Gasteiger partial charge on any atom is 0.0431 e. The lowest BCUT2D eigenvalue weighted by molar-refractivity contribution is -0.246. The Morgan fingerprint density at radius 1 is 1.00 bits per heavy atom. The van der Waals surface area contributed by atoms with E-state index < -0.39 is 0 Å². The third kappa shape index (κ3) is 5.03. The molecule has 2 rings (SSSR count). The van der Waals surface area contributed by atoms with Gasteiger partial charge in [0.2, 0.25) is 0 Å². The molecule has 4 heteroatoms. The fourth-order valence-electron chi connectivity index (χ4n) is 3.94. The fraction of sp³-hybridized carbons (Fsp3) is 0.700. The van der Waals surface area contributed by atoms with Crippen LogP contribution in [0.15, 0.2) is 24.3 Å². The van der Waals surface area contributed by atoms with Gasteiger partial charge in [-0.1, -0.05) is 24.3 Å². The van der Waals surface area contributed by atoms with Crippen molar-refractivity contribution in [1.82, 2.24) is 10.4 Å².